The van der Waals surface area contributed by atoms with Gasteiger partial charge in [-0.1, -0.05) is 49.2 Å². The minimum Gasteiger partial charge on any atom is -0.481 e. The van der Waals surface area contributed by atoms with Crippen LogP contribution in [0.3, 0.4) is 0 Å². The Morgan fingerprint density at radius 3 is 2.42 bits per heavy atom. The summed E-state index contributed by atoms with van der Waals surface area (Å²) >= 11 is 1.25. The number of hydrogen-bond donors (Lipinski definition) is 2. The number of ether oxygens (including phenoxy) is 3. The Morgan fingerprint density at radius 2 is 1.74 bits per heavy atom. The third-order valence-corrected chi connectivity index (χ3v) is 10.2. The Balaban J connectivity index is 1.53. The van der Waals surface area contributed by atoms with Gasteiger partial charge < -0.3 is 24.6 Å². The van der Waals surface area contributed by atoms with E-state index in [4.69, 9.17) is 19.3 Å². The van der Waals surface area contributed by atoms with Crippen molar-refractivity contribution in [3.05, 3.63) is 42.0 Å². The molecule has 1 saturated carbocycles. The van der Waals surface area contributed by atoms with Gasteiger partial charge in [0.15, 0.2) is 5.13 Å². The van der Waals surface area contributed by atoms with Crippen molar-refractivity contribution in [2.24, 2.45) is 5.92 Å². The second-order valence-corrected chi connectivity index (χ2v) is 13.3. The molecule has 2 aromatic heterocycles. The number of aliphatic carboxylic acids is 1. The van der Waals surface area contributed by atoms with E-state index >= 15 is 0 Å². The minimum absolute atomic E-state index is 0.0262. The van der Waals surface area contributed by atoms with Crippen LogP contribution in [-0.2, 0) is 29.1 Å². The molecule has 1 aromatic carbocycles. The van der Waals surface area contributed by atoms with Crippen LogP contribution in [0.1, 0.15) is 50.0 Å². The highest BCUT2D eigenvalue weighted by atomic mass is 32.2. The number of carbonyl (C=O) groups excluding carboxylic acids is 1. The largest absolute Gasteiger partial charge is 0.481 e. The molecule has 0 unspecified atom stereocenters. The molecule has 1 aliphatic rings. The summed E-state index contributed by atoms with van der Waals surface area (Å²) in [4.78, 5) is 34.4. The number of hydrogen-bond acceptors (Lipinski definition) is 10. The van der Waals surface area contributed by atoms with E-state index in [2.05, 4.69) is 15.3 Å². The van der Waals surface area contributed by atoms with Crippen molar-refractivity contribution >= 4 is 48.7 Å². The fourth-order valence-electron chi connectivity index (χ4n) is 5.12. The lowest BCUT2D eigenvalue weighted by atomic mass is 9.87. The fraction of sp³-hybridized carbons (Fsp3) is 0.517. The van der Waals surface area contributed by atoms with E-state index in [0.717, 1.165) is 30.0 Å². The van der Waals surface area contributed by atoms with Crippen molar-refractivity contribution in [1.82, 2.24) is 14.3 Å². The quantitative estimate of drug-likeness (QED) is 0.207. The van der Waals surface area contributed by atoms with Gasteiger partial charge in [0, 0.05) is 33.4 Å². The third kappa shape index (κ3) is 8.92. The maximum Gasteiger partial charge on any atom is 0.304 e. The van der Waals surface area contributed by atoms with Gasteiger partial charge in [-0.3, -0.25) is 9.59 Å². The average Bonchev–Trinajstić information content (AvgIpc) is 3.65. The summed E-state index contributed by atoms with van der Waals surface area (Å²) in [6, 6.07) is 9.81. The lowest BCUT2D eigenvalue weighted by Gasteiger charge is -2.23. The molecule has 43 heavy (non-hydrogen) atoms. The van der Waals surface area contributed by atoms with Gasteiger partial charge in [0.2, 0.25) is 21.8 Å². The molecular formula is C29H38N4O8S2. The molecule has 12 nitrogen and oxygen atoms in total. The number of carboxylic acids is 1. The van der Waals surface area contributed by atoms with Crippen molar-refractivity contribution in [2.75, 3.05) is 52.4 Å². The van der Waals surface area contributed by atoms with Crippen LogP contribution in [-0.4, -0.2) is 86.8 Å². The predicted octanol–water partition coefficient (Wildman–Crippen LogP) is 4.13. The summed E-state index contributed by atoms with van der Waals surface area (Å²) in [7, 11) is -0.925. The van der Waals surface area contributed by atoms with E-state index in [0.29, 0.717) is 52.5 Å². The molecule has 2 heterocycles. The predicted molar refractivity (Wildman–Crippen MR) is 162 cm³/mol. The van der Waals surface area contributed by atoms with Gasteiger partial charge >= 0.3 is 5.97 Å². The molecule has 0 aliphatic heterocycles. The Hall–Kier alpha value is -3.17. The number of nitrogens with one attached hydrogen (secondary N) is 1. The van der Waals surface area contributed by atoms with Crippen molar-refractivity contribution in [3.8, 4) is 5.88 Å². The summed E-state index contributed by atoms with van der Waals surface area (Å²) in [5, 5.41) is 12.5. The number of carbonyl (C=O) groups is 2. The minimum atomic E-state index is -3.97. The summed E-state index contributed by atoms with van der Waals surface area (Å²) in [6.45, 7) is 0.791. The van der Waals surface area contributed by atoms with E-state index < -0.39 is 21.9 Å². The summed E-state index contributed by atoms with van der Waals surface area (Å²) < 4.78 is 43.4. The number of rotatable bonds is 17. The van der Waals surface area contributed by atoms with Crippen LogP contribution < -0.4 is 10.1 Å². The number of aromatic nitrogens is 2. The van der Waals surface area contributed by atoms with Crippen LogP contribution in [0.2, 0.25) is 0 Å². The number of sulfonamides is 1. The second kappa shape index (κ2) is 15.5. The highest BCUT2D eigenvalue weighted by Crippen LogP contribution is 2.36. The monoisotopic (exact) mass is 634 g/mol. The fourth-order valence-corrected chi connectivity index (χ4v) is 7.37. The first-order valence-corrected chi connectivity index (χ1v) is 16.5. The molecule has 0 spiro atoms. The molecule has 0 bridgehead atoms. The van der Waals surface area contributed by atoms with Crippen molar-refractivity contribution < 1.29 is 37.3 Å². The molecule has 1 amide bonds. The SMILES string of the molecule is COCCOc1ccc2nc(NC(=O)[C@H](CC3CCCC3)c3ccc(S(=O)(=O)N(CCOC)CCC(=O)O)cc3)sc2n1. The number of fused-ring (bicyclic) bond motifs is 1. The van der Waals surface area contributed by atoms with Crippen LogP contribution in [0.15, 0.2) is 41.3 Å². The van der Waals surface area contributed by atoms with E-state index in [-0.39, 0.29) is 36.9 Å². The summed E-state index contributed by atoms with van der Waals surface area (Å²) in [5.41, 5.74) is 1.34. The topological polar surface area (TPSA) is 157 Å². The molecule has 1 aliphatic carbocycles. The zero-order chi connectivity index (χ0) is 30.8. The van der Waals surface area contributed by atoms with Crippen molar-refractivity contribution in [2.45, 2.75) is 49.3 Å². The van der Waals surface area contributed by atoms with Gasteiger partial charge in [-0.25, -0.2) is 18.4 Å². The Morgan fingerprint density at radius 1 is 1.02 bits per heavy atom. The normalized spacial score (nSPS) is 14.8. The molecule has 2 N–H and O–H groups in total. The van der Waals surface area contributed by atoms with Gasteiger partial charge in [0.05, 0.1) is 30.4 Å². The number of nitrogens with zero attached hydrogens (tertiary/aromatic N) is 3. The highest BCUT2D eigenvalue weighted by Gasteiger charge is 2.29. The Bertz CT molecular complexity index is 1470. The average molecular weight is 635 g/mol. The van der Waals surface area contributed by atoms with Crippen LogP contribution in [0, 0.1) is 5.92 Å². The van der Waals surface area contributed by atoms with Crippen molar-refractivity contribution in [3.63, 3.8) is 0 Å². The standard InChI is InChI=1S/C29H38N4O8S2/c1-39-16-15-33(14-13-26(34)35)43(37,38)22-9-7-21(8-10-22)23(19-20-5-3-4-6-20)27(36)32-29-30-24-11-12-25(31-28(24)42-29)41-18-17-40-2/h7-12,20,23H,3-6,13-19H2,1-2H3,(H,34,35)(H,30,32,36)/t23-/m1/s1. The van der Waals surface area contributed by atoms with Gasteiger partial charge in [0.25, 0.3) is 0 Å². The molecular weight excluding hydrogens is 596 g/mol. The van der Waals surface area contributed by atoms with E-state index in [1.807, 2.05) is 0 Å². The number of methoxy groups -OCH3 is 2. The zero-order valence-corrected chi connectivity index (χ0v) is 26.0. The van der Waals surface area contributed by atoms with Crippen LogP contribution in [0.5, 0.6) is 5.88 Å². The molecule has 0 saturated heterocycles. The number of thiazole rings is 1. The van der Waals surface area contributed by atoms with Gasteiger partial charge in [0.1, 0.15) is 17.0 Å². The first kappa shape index (κ1) is 32.7. The number of benzene rings is 1. The van der Waals surface area contributed by atoms with Crippen molar-refractivity contribution in [1.29, 1.82) is 0 Å². The molecule has 0 radical (unpaired) electrons. The first-order valence-electron chi connectivity index (χ1n) is 14.2. The van der Waals surface area contributed by atoms with Gasteiger partial charge in [-0.15, -0.1) is 0 Å². The van der Waals surface area contributed by atoms with E-state index in [1.54, 1.807) is 31.4 Å². The number of amides is 1. The number of anilines is 1. The summed E-state index contributed by atoms with van der Waals surface area (Å²) in [6.07, 6.45) is 4.66. The lowest BCUT2D eigenvalue weighted by molar-refractivity contribution is -0.137. The van der Waals surface area contributed by atoms with Crippen LogP contribution in [0.25, 0.3) is 10.3 Å². The third-order valence-electron chi connectivity index (χ3n) is 7.40. The lowest BCUT2D eigenvalue weighted by Crippen LogP contribution is -2.35. The highest BCUT2D eigenvalue weighted by molar-refractivity contribution is 7.89. The smallest absolute Gasteiger partial charge is 0.304 e. The molecule has 14 heteroatoms. The number of carboxylic acid groups (broad SMARTS) is 1. The maximum atomic E-state index is 13.7. The molecule has 1 atom stereocenters. The van der Waals surface area contributed by atoms with Crippen LogP contribution in [0.4, 0.5) is 5.13 Å². The molecule has 1 fully saturated rings. The second-order valence-electron chi connectivity index (χ2n) is 10.4. The zero-order valence-electron chi connectivity index (χ0n) is 24.4. The number of pyridine rings is 1. The maximum absolute atomic E-state index is 13.7. The molecule has 4 rings (SSSR count). The Labute approximate surface area is 255 Å². The van der Waals surface area contributed by atoms with Gasteiger partial charge in [-0.05, 0) is 36.1 Å². The summed E-state index contributed by atoms with van der Waals surface area (Å²) in [5.74, 6) is -0.980. The first-order chi connectivity index (χ1) is 20.7. The molecule has 234 valence electrons. The van der Waals surface area contributed by atoms with Crippen LogP contribution >= 0.6 is 11.3 Å². The van der Waals surface area contributed by atoms with E-state index in [9.17, 15) is 18.0 Å². The molecule has 3 aromatic rings. The van der Waals surface area contributed by atoms with E-state index in [1.165, 1.54) is 30.6 Å². The Kier molecular flexibility index (Phi) is 11.8. The van der Waals surface area contributed by atoms with Gasteiger partial charge in [-0.2, -0.15) is 4.31 Å².